The Hall–Kier alpha value is -1.29. The molecule has 18 heavy (non-hydrogen) atoms. The molecule has 4 nitrogen and oxygen atoms in total. The lowest BCUT2D eigenvalue weighted by Gasteiger charge is -2.16. The molecule has 1 aromatic rings. The molecule has 0 atom stereocenters. The molecule has 0 aromatic carbocycles. The summed E-state index contributed by atoms with van der Waals surface area (Å²) >= 11 is 0. The minimum absolute atomic E-state index is 0.836. The number of rotatable bonds is 8. The van der Waals surface area contributed by atoms with E-state index in [0.717, 1.165) is 43.5 Å². The molecule has 0 radical (unpaired) electrons. The highest BCUT2D eigenvalue weighted by molar-refractivity contribution is 5.53. The van der Waals surface area contributed by atoms with Gasteiger partial charge in [0.2, 0.25) is 0 Å². The van der Waals surface area contributed by atoms with Crippen molar-refractivity contribution in [1.82, 2.24) is 9.88 Å². The van der Waals surface area contributed by atoms with E-state index in [2.05, 4.69) is 40.6 Å². The maximum Gasteiger partial charge on any atom is 0.0547 e. The van der Waals surface area contributed by atoms with E-state index >= 15 is 0 Å². The first-order valence-electron chi connectivity index (χ1n) is 6.92. The Bertz CT molecular complexity index is 363. The van der Waals surface area contributed by atoms with Crippen LogP contribution in [0.4, 0.5) is 11.4 Å². The van der Waals surface area contributed by atoms with Crippen molar-refractivity contribution in [3.05, 3.63) is 18.5 Å². The van der Waals surface area contributed by atoms with E-state index in [9.17, 15) is 0 Å². The van der Waals surface area contributed by atoms with Crippen molar-refractivity contribution >= 4 is 11.4 Å². The Balaban J connectivity index is 1.73. The van der Waals surface area contributed by atoms with Gasteiger partial charge in [-0.25, -0.2) is 0 Å². The quantitative estimate of drug-likeness (QED) is 0.741. The minimum atomic E-state index is 0.836. The third-order valence-corrected chi connectivity index (χ3v) is 3.28. The van der Waals surface area contributed by atoms with Gasteiger partial charge in [-0.2, -0.15) is 0 Å². The molecule has 0 bridgehead atoms. The third kappa shape index (κ3) is 4.18. The van der Waals surface area contributed by atoms with Gasteiger partial charge in [-0.05, 0) is 32.4 Å². The number of likely N-dealkylation sites (N-methyl/N-ethyl adjacent to an activating group) is 1. The number of hydrogen-bond acceptors (Lipinski definition) is 4. The number of hydrogen-bond donors (Lipinski definition) is 2. The lowest BCUT2D eigenvalue weighted by Crippen LogP contribution is -2.27. The molecule has 0 amide bonds. The molecule has 1 fully saturated rings. The highest BCUT2D eigenvalue weighted by Crippen LogP contribution is 2.24. The van der Waals surface area contributed by atoms with Gasteiger partial charge in [0.25, 0.3) is 0 Å². The van der Waals surface area contributed by atoms with E-state index in [1.54, 1.807) is 0 Å². The molecule has 0 spiro atoms. The Morgan fingerprint density at radius 3 is 2.50 bits per heavy atom. The Morgan fingerprint density at radius 2 is 1.89 bits per heavy atom. The van der Waals surface area contributed by atoms with Crippen LogP contribution in [-0.2, 0) is 0 Å². The highest BCUT2D eigenvalue weighted by Gasteiger charge is 2.25. The van der Waals surface area contributed by atoms with Crippen molar-refractivity contribution in [2.45, 2.75) is 32.2 Å². The molecule has 4 heteroatoms. The number of anilines is 2. The second-order valence-electron chi connectivity index (χ2n) is 5.03. The lowest BCUT2D eigenvalue weighted by molar-refractivity contribution is 0.337. The highest BCUT2D eigenvalue weighted by atomic mass is 15.2. The zero-order chi connectivity index (χ0) is 12.8. The van der Waals surface area contributed by atoms with Gasteiger partial charge in [-0.15, -0.1) is 0 Å². The second-order valence-corrected chi connectivity index (χ2v) is 5.03. The van der Waals surface area contributed by atoms with Gasteiger partial charge in [0.15, 0.2) is 0 Å². The molecule has 0 aliphatic heterocycles. The number of pyridine rings is 1. The molecule has 0 unspecified atom stereocenters. The smallest absolute Gasteiger partial charge is 0.0547 e. The second kappa shape index (κ2) is 6.59. The van der Waals surface area contributed by atoms with Crippen LogP contribution in [0.5, 0.6) is 0 Å². The van der Waals surface area contributed by atoms with Crippen LogP contribution in [0, 0.1) is 0 Å². The van der Waals surface area contributed by atoms with Crippen molar-refractivity contribution in [3.8, 4) is 0 Å². The molecule has 1 aromatic heterocycles. The Kier molecular flexibility index (Phi) is 4.81. The van der Waals surface area contributed by atoms with Gasteiger partial charge in [-0.1, -0.05) is 6.92 Å². The third-order valence-electron chi connectivity index (χ3n) is 3.28. The average molecular weight is 248 g/mol. The number of nitrogens with one attached hydrogen (secondary N) is 2. The maximum absolute atomic E-state index is 4.24. The SMILES string of the molecule is CCCNc1cncc(NCCN(C)C2CC2)c1. The Labute approximate surface area is 110 Å². The fourth-order valence-electron chi connectivity index (χ4n) is 1.98. The van der Waals surface area contributed by atoms with E-state index in [0.29, 0.717) is 0 Å². The monoisotopic (exact) mass is 248 g/mol. The summed E-state index contributed by atoms with van der Waals surface area (Å²) in [5, 5.41) is 6.78. The van der Waals surface area contributed by atoms with Gasteiger partial charge in [-0.3, -0.25) is 4.98 Å². The van der Waals surface area contributed by atoms with E-state index in [1.165, 1.54) is 12.8 Å². The summed E-state index contributed by atoms with van der Waals surface area (Å²) in [5.74, 6) is 0. The van der Waals surface area contributed by atoms with E-state index in [4.69, 9.17) is 0 Å². The van der Waals surface area contributed by atoms with E-state index < -0.39 is 0 Å². The molecule has 1 aliphatic carbocycles. The number of nitrogens with zero attached hydrogens (tertiary/aromatic N) is 2. The van der Waals surface area contributed by atoms with Gasteiger partial charge < -0.3 is 15.5 Å². The van der Waals surface area contributed by atoms with E-state index in [1.807, 2.05) is 12.4 Å². The Morgan fingerprint density at radius 1 is 1.22 bits per heavy atom. The summed E-state index contributed by atoms with van der Waals surface area (Å²) in [6.45, 7) is 5.23. The van der Waals surface area contributed by atoms with Crippen LogP contribution in [0.15, 0.2) is 18.5 Å². The van der Waals surface area contributed by atoms with Crippen LogP contribution < -0.4 is 10.6 Å². The van der Waals surface area contributed by atoms with Crippen LogP contribution >= 0.6 is 0 Å². The van der Waals surface area contributed by atoms with Crippen molar-refractivity contribution in [3.63, 3.8) is 0 Å². The summed E-state index contributed by atoms with van der Waals surface area (Å²) in [6.07, 6.45) is 7.62. The summed E-state index contributed by atoms with van der Waals surface area (Å²) in [6, 6.07) is 2.96. The minimum Gasteiger partial charge on any atom is -0.384 e. The normalized spacial score (nSPS) is 14.8. The van der Waals surface area contributed by atoms with Crippen LogP contribution in [0.2, 0.25) is 0 Å². The molecule has 1 heterocycles. The standard InChI is InChI=1S/C14H24N4/c1-3-6-16-12-9-13(11-15-10-12)17-7-8-18(2)14-4-5-14/h9-11,14,16-17H,3-8H2,1-2H3. The first kappa shape index (κ1) is 13.1. The number of aromatic nitrogens is 1. The molecule has 1 saturated carbocycles. The summed E-state index contributed by atoms with van der Waals surface area (Å²) in [4.78, 5) is 6.67. The van der Waals surface area contributed by atoms with Gasteiger partial charge in [0.1, 0.15) is 0 Å². The van der Waals surface area contributed by atoms with Gasteiger partial charge in [0, 0.05) is 25.7 Å². The fraction of sp³-hybridized carbons (Fsp3) is 0.643. The summed E-state index contributed by atoms with van der Waals surface area (Å²) < 4.78 is 0. The van der Waals surface area contributed by atoms with Crippen molar-refractivity contribution in [2.24, 2.45) is 0 Å². The van der Waals surface area contributed by atoms with Crippen LogP contribution in [-0.4, -0.2) is 42.6 Å². The van der Waals surface area contributed by atoms with Crippen LogP contribution in [0.3, 0.4) is 0 Å². The molecule has 2 N–H and O–H groups in total. The predicted octanol–water partition coefficient (Wildman–Crippen LogP) is 2.41. The van der Waals surface area contributed by atoms with Crippen molar-refractivity contribution < 1.29 is 0 Å². The fourth-order valence-corrected chi connectivity index (χ4v) is 1.98. The summed E-state index contributed by atoms with van der Waals surface area (Å²) in [7, 11) is 2.21. The molecule has 2 rings (SSSR count). The molecular formula is C14H24N4. The lowest BCUT2D eigenvalue weighted by atomic mass is 10.3. The largest absolute Gasteiger partial charge is 0.384 e. The molecule has 1 aliphatic rings. The zero-order valence-electron chi connectivity index (χ0n) is 11.4. The molecule has 0 saturated heterocycles. The molecular weight excluding hydrogens is 224 g/mol. The maximum atomic E-state index is 4.24. The van der Waals surface area contributed by atoms with Gasteiger partial charge in [0.05, 0.1) is 23.8 Å². The average Bonchev–Trinajstić information content (AvgIpc) is 3.21. The summed E-state index contributed by atoms with van der Waals surface area (Å²) in [5.41, 5.74) is 2.19. The predicted molar refractivity (Wildman–Crippen MR) is 77.2 cm³/mol. The van der Waals surface area contributed by atoms with Gasteiger partial charge >= 0.3 is 0 Å². The van der Waals surface area contributed by atoms with E-state index in [-0.39, 0.29) is 0 Å². The van der Waals surface area contributed by atoms with Crippen LogP contribution in [0.1, 0.15) is 26.2 Å². The van der Waals surface area contributed by atoms with Crippen molar-refractivity contribution in [1.29, 1.82) is 0 Å². The van der Waals surface area contributed by atoms with Crippen LogP contribution in [0.25, 0.3) is 0 Å². The van der Waals surface area contributed by atoms with Crippen molar-refractivity contribution in [2.75, 3.05) is 37.3 Å². The zero-order valence-corrected chi connectivity index (χ0v) is 11.4. The first-order chi connectivity index (χ1) is 8.79. The molecule has 100 valence electrons. The first-order valence-corrected chi connectivity index (χ1v) is 6.92. The topological polar surface area (TPSA) is 40.2 Å².